The molecule has 3 heterocycles. The summed E-state index contributed by atoms with van der Waals surface area (Å²) in [5, 5.41) is 10.4. The third-order valence-electron chi connectivity index (χ3n) is 3.69. The Morgan fingerprint density at radius 1 is 1.15 bits per heavy atom. The maximum atomic E-state index is 11.8. The Kier molecular flexibility index (Phi) is 3.11. The van der Waals surface area contributed by atoms with Gasteiger partial charge in [-0.3, -0.25) is 0 Å². The largest absolute Gasteiger partial charge is 0.455 e. The summed E-state index contributed by atoms with van der Waals surface area (Å²) >= 11 is 0. The van der Waals surface area contributed by atoms with E-state index in [9.17, 15) is 9.90 Å². The lowest BCUT2D eigenvalue weighted by molar-refractivity contribution is -0.203. The number of rotatable bonds is 2. The van der Waals surface area contributed by atoms with E-state index in [1.807, 2.05) is 0 Å². The van der Waals surface area contributed by atoms with Gasteiger partial charge in [-0.2, -0.15) is 0 Å². The number of carbonyl (C=O) groups is 1. The van der Waals surface area contributed by atoms with Crippen molar-refractivity contribution < 1.29 is 33.6 Å². The van der Waals surface area contributed by atoms with E-state index in [0.29, 0.717) is 0 Å². The van der Waals surface area contributed by atoms with Gasteiger partial charge in [-0.1, -0.05) is 0 Å². The number of hydrogen-bond donors (Lipinski definition) is 1. The molecule has 20 heavy (non-hydrogen) atoms. The smallest absolute Gasteiger partial charge is 0.338 e. The molecule has 0 radical (unpaired) electrons. The van der Waals surface area contributed by atoms with Crippen molar-refractivity contribution in [3.8, 4) is 0 Å². The molecule has 0 aromatic heterocycles. The van der Waals surface area contributed by atoms with E-state index in [1.54, 1.807) is 27.7 Å². The van der Waals surface area contributed by atoms with Crippen LogP contribution in [0.5, 0.6) is 0 Å². The number of aliphatic hydroxyl groups excluding tert-OH is 1. The van der Waals surface area contributed by atoms with Gasteiger partial charge in [-0.05, 0) is 27.7 Å². The van der Waals surface area contributed by atoms with Gasteiger partial charge in [0.2, 0.25) is 0 Å². The minimum Gasteiger partial charge on any atom is -0.455 e. The number of hydrogen-bond acceptors (Lipinski definition) is 7. The molecule has 0 aliphatic carbocycles. The first-order valence-electron chi connectivity index (χ1n) is 6.74. The standard InChI is InChI=1S/C13H20O7/c1-12(2)16-5-6(18-12)7(14)8-9-10(11(15)17-8)20-13(3,4)19-9/h6-10,14H,5H2,1-4H3/t6-,7+,8-,9-,10-/m0/s1. The van der Waals surface area contributed by atoms with E-state index in [0.717, 1.165) is 0 Å². The highest BCUT2D eigenvalue weighted by atomic mass is 16.8. The molecule has 0 bridgehead atoms. The fraction of sp³-hybridized carbons (Fsp3) is 0.923. The second-order valence-corrected chi connectivity index (χ2v) is 6.28. The molecule has 7 heteroatoms. The number of esters is 1. The summed E-state index contributed by atoms with van der Waals surface area (Å²) in [5.74, 6) is -2.12. The van der Waals surface area contributed by atoms with E-state index in [1.165, 1.54) is 0 Å². The normalized spacial score (nSPS) is 43.4. The van der Waals surface area contributed by atoms with E-state index in [4.69, 9.17) is 23.7 Å². The molecule has 7 nitrogen and oxygen atoms in total. The third-order valence-corrected chi connectivity index (χ3v) is 3.69. The van der Waals surface area contributed by atoms with Crippen LogP contribution in [0.4, 0.5) is 0 Å². The van der Waals surface area contributed by atoms with Crippen molar-refractivity contribution in [1.29, 1.82) is 0 Å². The average molecular weight is 288 g/mol. The minimum atomic E-state index is -1.02. The number of fused-ring (bicyclic) bond motifs is 1. The monoisotopic (exact) mass is 288 g/mol. The van der Waals surface area contributed by atoms with Gasteiger partial charge in [-0.15, -0.1) is 0 Å². The summed E-state index contributed by atoms with van der Waals surface area (Å²) in [4.78, 5) is 11.8. The van der Waals surface area contributed by atoms with Crippen molar-refractivity contribution in [2.45, 2.75) is 69.8 Å². The molecule has 0 spiro atoms. The summed E-state index contributed by atoms with van der Waals surface area (Å²) in [6, 6.07) is 0. The Balaban J connectivity index is 1.73. The summed E-state index contributed by atoms with van der Waals surface area (Å²) in [5.41, 5.74) is 0. The van der Waals surface area contributed by atoms with Gasteiger partial charge >= 0.3 is 5.97 Å². The molecule has 3 aliphatic rings. The van der Waals surface area contributed by atoms with Gasteiger partial charge in [0.1, 0.15) is 18.3 Å². The molecule has 3 saturated heterocycles. The molecule has 0 amide bonds. The molecule has 0 saturated carbocycles. The van der Waals surface area contributed by atoms with Crippen molar-refractivity contribution in [2.24, 2.45) is 0 Å². The van der Waals surface area contributed by atoms with Crippen LogP contribution in [0.1, 0.15) is 27.7 Å². The Labute approximate surface area is 117 Å². The summed E-state index contributed by atoms with van der Waals surface area (Å²) in [6.07, 6.45) is -3.81. The molecule has 0 aromatic rings. The Morgan fingerprint density at radius 2 is 1.85 bits per heavy atom. The second kappa shape index (κ2) is 4.38. The van der Waals surface area contributed by atoms with E-state index in [2.05, 4.69) is 0 Å². The predicted molar refractivity (Wildman–Crippen MR) is 64.6 cm³/mol. The summed E-state index contributed by atoms with van der Waals surface area (Å²) in [6.45, 7) is 7.22. The van der Waals surface area contributed by atoms with Gasteiger partial charge in [0.25, 0.3) is 0 Å². The van der Waals surface area contributed by atoms with Crippen molar-refractivity contribution in [3.63, 3.8) is 0 Å². The number of carbonyl (C=O) groups excluding carboxylic acids is 1. The first kappa shape index (κ1) is 14.2. The zero-order chi connectivity index (χ0) is 14.7. The highest BCUT2D eigenvalue weighted by Gasteiger charge is 2.59. The Morgan fingerprint density at radius 3 is 2.45 bits per heavy atom. The van der Waals surface area contributed by atoms with E-state index >= 15 is 0 Å². The molecule has 0 unspecified atom stereocenters. The van der Waals surface area contributed by atoms with E-state index < -0.39 is 48.1 Å². The van der Waals surface area contributed by atoms with Gasteiger partial charge in [0.15, 0.2) is 23.8 Å². The Bertz CT molecular complexity index is 419. The van der Waals surface area contributed by atoms with Crippen molar-refractivity contribution >= 4 is 5.97 Å². The van der Waals surface area contributed by atoms with Crippen LogP contribution in [-0.4, -0.2) is 59.8 Å². The zero-order valence-corrected chi connectivity index (χ0v) is 12.0. The van der Waals surface area contributed by atoms with Crippen LogP contribution in [0.15, 0.2) is 0 Å². The van der Waals surface area contributed by atoms with Crippen LogP contribution in [0.25, 0.3) is 0 Å². The van der Waals surface area contributed by atoms with Gasteiger partial charge in [-0.25, -0.2) is 4.79 Å². The van der Waals surface area contributed by atoms with Crippen LogP contribution in [0.3, 0.4) is 0 Å². The fourth-order valence-corrected chi connectivity index (χ4v) is 2.84. The number of cyclic esters (lactones) is 1. The molecule has 3 aliphatic heterocycles. The number of aliphatic hydroxyl groups is 1. The van der Waals surface area contributed by atoms with Crippen LogP contribution in [0.2, 0.25) is 0 Å². The van der Waals surface area contributed by atoms with Crippen molar-refractivity contribution in [3.05, 3.63) is 0 Å². The molecular weight excluding hydrogens is 268 g/mol. The van der Waals surface area contributed by atoms with Crippen LogP contribution in [-0.2, 0) is 28.5 Å². The topological polar surface area (TPSA) is 83.5 Å². The average Bonchev–Trinajstić information content (AvgIpc) is 2.92. The molecule has 3 rings (SSSR count). The lowest BCUT2D eigenvalue weighted by atomic mass is 10.0. The zero-order valence-electron chi connectivity index (χ0n) is 12.0. The Hall–Kier alpha value is -0.730. The summed E-state index contributed by atoms with van der Waals surface area (Å²) in [7, 11) is 0. The van der Waals surface area contributed by atoms with Crippen molar-refractivity contribution in [1.82, 2.24) is 0 Å². The molecule has 1 N–H and O–H groups in total. The van der Waals surface area contributed by atoms with E-state index in [-0.39, 0.29) is 6.61 Å². The van der Waals surface area contributed by atoms with Crippen molar-refractivity contribution in [2.75, 3.05) is 6.61 Å². The molecule has 3 fully saturated rings. The number of ether oxygens (including phenoxy) is 5. The second-order valence-electron chi connectivity index (χ2n) is 6.28. The fourth-order valence-electron chi connectivity index (χ4n) is 2.84. The maximum Gasteiger partial charge on any atom is 0.338 e. The van der Waals surface area contributed by atoms with Crippen LogP contribution >= 0.6 is 0 Å². The third kappa shape index (κ3) is 2.33. The molecule has 5 atom stereocenters. The lowest BCUT2D eigenvalue weighted by Gasteiger charge is -2.27. The maximum absolute atomic E-state index is 11.8. The quantitative estimate of drug-likeness (QED) is 0.713. The molecule has 114 valence electrons. The summed E-state index contributed by atoms with van der Waals surface area (Å²) < 4.78 is 27.4. The predicted octanol–water partition coefficient (Wildman–Crippen LogP) is -0.0557. The first-order chi connectivity index (χ1) is 9.19. The SMILES string of the molecule is CC1(C)OC[C@@H]([C@@H](O)[C@@H]2OC(=O)[C@H]3OC(C)(C)O[C@@H]23)O1. The minimum absolute atomic E-state index is 0.240. The highest BCUT2D eigenvalue weighted by Crippen LogP contribution is 2.38. The lowest BCUT2D eigenvalue weighted by Crippen LogP contribution is -2.46. The first-order valence-corrected chi connectivity index (χ1v) is 6.74. The highest BCUT2D eigenvalue weighted by molar-refractivity contribution is 5.78. The molecular formula is C13H20O7. The van der Waals surface area contributed by atoms with Gasteiger partial charge in [0, 0.05) is 0 Å². The van der Waals surface area contributed by atoms with Crippen LogP contribution in [0, 0.1) is 0 Å². The van der Waals surface area contributed by atoms with Gasteiger partial charge < -0.3 is 28.8 Å². The van der Waals surface area contributed by atoms with Crippen LogP contribution < -0.4 is 0 Å². The molecule has 0 aromatic carbocycles. The van der Waals surface area contributed by atoms with Gasteiger partial charge in [0.05, 0.1) is 6.61 Å².